The Labute approximate surface area is 401 Å². The van der Waals surface area contributed by atoms with Crippen LogP contribution in [0.25, 0.3) is 10.9 Å². The van der Waals surface area contributed by atoms with Crippen LogP contribution in [-0.4, -0.2) is 120 Å². The van der Waals surface area contributed by atoms with Gasteiger partial charge in [0.05, 0.1) is 27.6 Å². The van der Waals surface area contributed by atoms with Crippen LogP contribution in [0.3, 0.4) is 0 Å². The van der Waals surface area contributed by atoms with Crippen molar-refractivity contribution in [1.82, 2.24) is 19.7 Å². The Morgan fingerprint density at radius 1 is 0.561 bits per heavy atom. The maximum atomic E-state index is 14.6. The van der Waals surface area contributed by atoms with Crippen LogP contribution in [0.5, 0.6) is 5.75 Å². The molecule has 0 amide bonds. The summed E-state index contributed by atoms with van der Waals surface area (Å²) < 4.78 is 60.7. The summed E-state index contributed by atoms with van der Waals surface area (Å²) >= 11 is 0. The van der Waals surface area contributed by atoms with Crippen LogP contribution in [0.2, 0.25) is 0 Å². The van der Waals surface area contributed by atoms with Crippen molar-refractivity contribution in [3.63, 3.8) is 0 Å². The molecule has 0 radical (unpaired) electrons. The number of ether oxygens (including phenoxy) is 1. The number of piperazine rings is 1. The van der Waals surface area contributed by atoms with E-state index >= 15 is 0 Å². The fourth-order valence-electron chi connectivity index (χ4n) is 10.8. The quantitative estimate of drug-likeness (QED) is 0.0625. The van der Waals surface area contributed by atoms with Gasteiger partial charge in [-0.1, -0.05) is 136 Å². The number of pyridine rings is 1. The Hall–Kier alpha value is -2.77. The number of piperidine rings is 2. The number of hydrogen-bond acceptors (Lipinski definition) is 10. The Kier molecular flexibility index (Phi) is 21.9. The summed E-state index contributed by atoms with van der Waals surface area (Å²) in [5.41, 5.74) is 1.13. The highest BCUT2D eigenvalue weighted by Crippen LogP contribution is 2.39. The van der Waals surface area contributed by atoms with Gasteiger partial charge in [0.2, 0.25) is 9.84 Å². The molecule has 4 heterocycles. The van der Waals surface area contributed by atoms with E-state index in [0.717, 1.165) is 58.4 Å². The Morgan fingerprint density at radius 2 is 1.02 bits per heavy atom. The summed E-state index contributed by atoms with van der Waals surface area (Å²) in [6.45, 7) is 14.4. The lowest BCUT2D eigenvalue weighted by Gasteiger charge is -2.46. The second kappa shape index (κ2) is 27.4. The topological polar surface area (TPSA) is 103 Å². The first kappa shape index (κ1) is 52.6. The molecule has 0 N–H and O–H groups in total. The van der Waals surface area contributed by atoms with Gasteiger partial charge in [0.1, 0.15) is 10.6 Å². The molecule has 370 valence electrons. The summed E-state index contributed by atoms with van der Waals surface area (Å²) in [4.78, 5) is 15.1. The number of rotatable bonds is 29. The molecule has 66 heavy (non-hydrogen) atoms. The van der Waals surface area contributed by atoms with Gasteiger partial charge in [-0.2, -0.15) is 0 Å². The van der Waals surface area contributed by atoms with E-state index in [0.29, 0.717) is 54.1 Å². The third-order valence-electron chi connectivity index (χ3n) is 15.1. The van der Waals surface area contributed by atoms with Crippen molar-refractivity contribution < 1.29 is 21.6 Å². The molecule has 0 saturated carbocycles. The average molecular weight is 950 g/mol. The van der Waals surface area contributed by atoms with Gasteiger partial charge in [0, 0.05) is 69.2 Å². The lowest BCUT2D eigenvalue weighted by atomic mass is 9.99. The Balaban J connectivity index is 0.935. The zero-order valence-electron chi connectivity index (χ0n) is 41.4. The van der Waals surface area contributed by atoms with Crippen molar-refractivity contribution in [2.45, 2.75) is 195 Å². The summed E-state index contributed by atoms with van der Waals surface area (Å²) in [7, 11) is -7.55. The number of benzene rings is 2. The molecule has 1 aromatic heterocycles. The lowest BCUT2D eigenvalue weighted by molar-refractivity contribution is 0.0384. The van der Waals surface area contributed by atoms with Gasteiger partial charge >= 0.3 is 0 Å². The normalized spacial score (nSPS) is 17.8. The first-order valence-corrected chi connectivity index (χ1v) is 30.0. The van der Waals surface area contributed by atoms with Gasteiger partial charge in [-0.3, -0.25) is 14.8 Å². The molecule has 12 heteroatoms. The predicted octanol–water partition coefficient (Wildman–Crippen LogP) is 11.7. The monoisotopic (exact) mass is 950 g/mol. The van der Waals surface area contributed by atoms with Gasteiger partial charge in [-0.05, 0) is 94.2 Å². The molecular weight excluding hydrogens is 863 g/mol. The Bertz CT molecular complexity index is 2080. The number of hydrogen-bond donors (Lipinski definition) is 0. The highest BCUT2D eigenvalue weighted by atomic mass is 32.2. The van der Waals surface area contributed by atoms with Crippen LogP contribution in [0.15, 0.2) is 63.3 Å². The van der Waals surface area contributed by atoms with Crippen molar-refractivity contribution in [2.24, 2.45) is 0 Å². The molecule has 0 spiro atoms. The zero-order valence-corrected chi connectivity index (χ0v) is 43.0. The molecule has 3 aliphatic rings. The number of fused-ring (bicyclic) bond motifs is 1. The van der Waals surface area contributed by atoms with Crippen LogP contribution in [0, 0.1) is 0 Å². The minimum atomic E-state index is -4.02. The summed E-state index contributed by atoms with van der Waals surface area (Å²) in [5, 5.41) is 0.551. The summed E-state index contributed by atoms with van der Waals surface area (Å²) in [5.74, 6) is 0.659. The Morgan fingerprint density at radius 3 is 1.48 bits per heavy atom. The molecule has 3 fully saturated rings. The fraction of sp³-hybridized carbons (Fsp3) is 0.722. The fourth-order valence-corrected chi connectivity index (χ4v) is 12.9. The van der Waals surface area contributed by atoms with E-state index < -0.39 is 19.7 Å². The van der Waals surface area contributed by atoms with E-state index in [1.54, 1.807) is 42.5 Å². The molecule has 3 aliphatic heterocycles. The predicted molar refractivity (Wildman–Crippen MR) is 274 cm³/mol. The molecule has 10 nitrogen and oxygen atoms in total. The van der Waals surface area contributed by atoms with Gasteiger partial charge in [-0.15, -0.1) is 0 Å². The van der Waals surface area contributed by atoms with Gasteiger partial charge in [-0.25, -0.2) is 16.8 Å². The van der Waals surface area contributed by atoms with Crippen LogP contribution < -0.4 is 9.64 Å². The largest absolute Gasteiger partial charge is 0.494 e. The first-order chi connectivity index (χ1) is 32.1. The molecule has 3 saturated heterocycles. The third-order valence-corrected chi connectivity index (χ3v) is 17.9. The lowest BCUT2D eigenvalue weighted by Crippen LogP contribution is -2.56. The van der Waals surface area contributed by atoms with Crippen molar-refractivity contribution in [2.75, 3.05) is 76.7 Å². The average Bonchev–Trinajstić information content (AvgIpc) is 3.34. The molecule has 0 aliphatic carbocycles. The number of aromatic nitrogens is 1. The number of nitrogens with zero attached hydrogens (tertiary/aromatic N) is 5. The maximum absolute atomic E-state index is 14.6. The molecular formula is C54H87N5O5S2. The second-order valence-corrected chi connectivity index (χ2v) is 23.9. The van der Waals surface area contributed by atoms with Crippen LogP contribution in [0.1, 0.15) is 168 Å². The summed E-state index contributed by atoms with van der Waals surface area (Å²) in [6.07, 6.45) is 34.0. The van der Waals surface area contributed by atoms with Gasteiger partial charge in [0.15, 0.2) is 9.84 Å². The van der Waals surface area contributed by atoms with Crippen molar-refractivity contribution in [1.29, 1.82) is 0 Å². The number of anilines is 1. The first-order valence-electron chi connectivity index (χ1n) is 26.6. The van der Waals surface area contributed by atoms with E-state index in [4.69, 9.17) is 4.74 Å². The van der Waals surface area contributed by atoms with E-state index in [2.05, 4.69) is 38.4 Å². The molecule has 6 rings (SSSR count). The molecule has 0 atom stereocenters. The van der Waals surface area contributed by atoms with Crippen LogP contribution in [0.4, 0.5) is 5.69 Å². The highest BCUT2D eigenvalue weighted by molar-refractivity contribution is 7.91. The van der Waals surface area contributed by atoms with Gasteiger partial charge in [0.25, 0.3) is 0 Å². The summed E-state index contributed by atoms with van der Waals surface area (Å²) in [6, 6.07) is 12.7. The minimum absolute atomic E-state index is 0.111. The van der Waals surface area contributed by atoms with Crippen molar-refractivity contribution >= 4 is 36.3 Å². The van der Waals surface area contributed by atoms with E-state index in [1.807, 2.05) is 0 Å². The third kappa shape index (κ3) is 15.9. The van der Waals surface area contributed by atoms with Crippen LogP contribution >= 0.6 is 0 Å². The zero-order chi connectivity index (χ0) is 46.6. The molecule has 0 unspecified atom stereocenters. The highest BCUT2D eigenvalue weighted by Gasteiger charge is 2.34. The van der Waals surface area contributed by atoms with E-state index in [1.165, 1.54) is 154 Å². The molecule has 0 bridgehead atoms. The van der Waals surface area contributed by atoms with Crippen molar-refractivity contribution in [3.8, 4) is 5.75 Å². The standard InChI is InChI=1S/C54H87N5O5S2/c1-4-6-7-8-9-10-11-12-13-14-15-16-17-18-19-20-21-22-23-24-43-64-48-25-27-49(28-26-48)66(62,63)53-45-55-52-30-29-50(65(3,60)61)44-51(52)54(53)59-37-33-47(34-38-59)58-41-39-57(40-42-58)46-31-35-56(5-2)36-32-46/h25-30,44-47H,4-24,31-43H2,1-3H3. The van der Waals surface area contributed by atoms with E-state index in [-0.39, 0.29) is 14.7 Å². The smallest absolute Gasteiger partial charge is 0.210 e. The number of unbranched alkanes of at least 4 members (excludes halogenated alkanes) is 19. The van der Waals surface area contributed by atoms with Crippen molar-refractivity contribution in [3.05, 3.63) is 48.7 Å². The number of likely N-dealkylation sites (tertiary alicyclic amines) is 1. The molecule has 2 aromatic carbocycles. The van der Waals surface area contributed by atoms with Crippen LogP contribution in [-0.2, 0) is 19.7 Å². The SMILES string of the molecule is CCCCCCCCCCCCCCCCCCCCCCOc1ccc(S(=O)(=O)c2cnc3ccc(S(C)(=O)=O)cc3c2N2CCC(N3CCN(C4CCN(CC)CC4)CC3)CC2)cc1. The van der Waals surface area contributed by atoms with E-state index in [9.17, 15) is 16.8 Å². The second-order valence-electron chi connectivity index (χ2n) is 19.9. The molecule has 3 aromatic rings. The van der Waals surface area contributed by atoms with Gasteiger partial charge < -0.3 is 14.5 Å². The maximum Gasteiger partial charge on any atom is 0.210 e. The number of sulfone groups is 2. The minimum Gasteiger partial charge on any atom is -0.494 e.